The average Bonchev–Trinajstić information content (AvgIpc) is 3.03. The number of amides is 1. The van der Waals surface area contributed by atoms with Gasteiger partial charge >= 0.3 is 6.09 Å². The molecule has 0 aromatic carbocycles. The van der Waals surface area contributed by atoms with Crippen LogP contribution in [0.15, 0.2) is 12.1 Å². The van der Waals surface area contributed by atoms with Gasteiger partial charge in [0.25, 0.3) is 0 Å². The topological polar surface area (TPSA) is 50.4 Å². The molecule has 1 saturated carbocycles. The van der Waals surface area contributed by atoms with E-state index in [1.54, 1.807) is 11.3 Å². The summed E-state index contributed by atoms with van der Waals surface area (Å²) in [5, 5.41) is 6.60. The third kappa shape index (κ3) is 5.98. The summed E-state index contributed by atoms with van der Waals surface area (Å²) in [5.41, 5.74) is -0.454. The number of ether oxygens (including phenoxy) is 1. The zero-order chi connectivity index (χ0) is 17.0. The lowest BCUT2D eigenvalue weighted by Gasteiger charge is -2.26. The molecule has 1 aliphatic carbocycles. The van der Waals surface area contributed by atoms with E-state index in [4.69, 9.17) is 16.3 Å². The molecule has 3 atom stereocenters. The summed E-state index contributed by atoms with van der Waals surface area (Å²) in [7, 11) is 0. The van der Waals surface area contributed by atoms with Crippen molar-refractivity contribution in [3.05, 3.63) is 21.3 Å². The second kappa shape index (κ2) is 7.86. The number of halogens is 1. The van der Waals surface area contributed by atoms with Gasteiger partial charge in [-0.05, 0) is 58.6 Å². The smallest absolute Gasteiger partial charge is 0.407 e. The summed E-state index contributed by atoms with van der Waals surface area (Å²) in [6, 6.07) is 4.71. The second-order valence-electron chi connectivity index (χ2n) is 7.21. The fourth-order valence-electron chi connectivity index (χ4n) is 2.99. The number of rotatable bonds is 5. The Balaban J connectivity index is 1.82. The lowest BCUT2D eigenvalue weighted by molar-refractivity contribution is 0.0517. The molecule has 1 aliphatic rings. The summed E-state index contributed by atoms with van der Waals surface area (Å²) in [5.74, 6) is 0.445. The van der Waals surface area contributed by atoms with E-state index in [0.717, 1.165) is 17.2 Å². The summed E-state index contributed by atoms with van der Waals surface area (Å²) in [6.45, 7) is 8.45. The Hall–Kier alpha value is -0.780. The van der Waals surface area contributed by atoms with Crippen LogP contribution in [0, 0.1) is 5.92 Å². The molecule has 2 N–H and O–H groups in total. The molecule has 1 amide bonds. The number of carbonyl (C=O) groups is 1. The summed E-state index contributed by atoms with van der Waals surface area (Å²) >= 11 is 7.63. The standard InChI is InChI=1S/C17H27ClN2O2S/c1-11(14-8-9-15(18)23-14)20-13-7-5-6-12(13)10-19-16(21)22-17(2,3)4/h8-9,11-13,20H,5-7,10H2,1-4H3,(H,19,21). The van der Waals surface area contributed by atoms with Gasteiger partial charge in [0, 0.05) is 23.5 Å². The highest BCUT2D eigenvalue weighted by molar-refractivity contribution is 7.16. The predicted octanol–water partition coefficient (Wildman–Crippen LogP) is 4.75. The van der Waals surface area contributed by atoms with Gasteiger partial charge in [0.1, 0.15) is 5.60 Å². The molecule has 1 aromatic rings. The van der Waals surface area contributed by atoms with E-state index in [9.17, 15) is 4.79 Å². The van der Waals surface area contributed by atoms with Crippen LogP contribution >= 0.6 is 22.9 Å². The van der Waals surface area contributed by atoms with Gasteiger partial charge in [-0.15, -0.1) is 11.3 Å². The van der Waals surface area contributed by atoms with Crippen molar-refractivity contribution in [2.45, 2.75) is 64.6 Å². The van der Waals surface area contributed by atoms with Gasteiger partial charge in [-0.3, -0.25) is 0 Å². The van der Waals surface area contributed by atoms with Crippen molar-refractivity contribution < 1.29 is 9.53 Å². The number of thiophene rings is 1. The number of alkyl carbamates (subject to hydrolysis) is 1. The molecule has 0 spiro atoms. The van der Waals surface area contributed by atoms with E-state index >= 15 is 0 Å². The van der Waals surface area contributed by atoms with Gasteiger partial charge < -0.3 is 15.4 Å². The zero-order valence-corrected chi connectivity index (χ0v) is 15.9. The van der Waals surface area contributed by atoms with E-state index in [2.05, 4.69) is 23.6 Å². The first kappa shape index (κ1) is 18.6. The zero-order valence-electron chi connectivity index (χ0n) is 14.3. The maximum atomic E-state index is 11.8. The molecule has 3 unspecified atom stereocenters. The van der Waals surface area contributed by atoms with Crippen molar-refractivity contribution in [2.24, 2.45) is 5.92 Å². The molecule has 1 fully saturated rings. The number of nitrogens with one attached hydrogen (secondary N) is 2. The molecule has 1 aromatic heterocycles. The maximum Gasteiger partial charge on any atom is 0.407 e. The van der Waals surface area contributed by atoms with Crippen LogP contribution in [0.3, 0.4) is 0 Å². The Morgan fingerprint density at radius 3 is 2.78 bits per heavy atom. The van der Waals surface area contributed by atoms with Gasteiger partial charge in [0.2, 0.25) is 0 Å². The maximum absolute atomic E-state index is 11.8. The van der Waals surface area contributed by atoms with Crippen molar-refractivity contribution in [2.75, 3.05) is 6.54 Å². The van der Waals surface area contributed by atoms with Crippen LogP contribution in [-0.4, -0.2) is 24.3 Å². The van der Waals surface area contributed by atoms with Gasteiger partial charge in [0.15, 0.2) is 0 Å². The fraction of sp³-hybridized carbons (Fsp3) is 0.706. The lowest BCUT2D eigenvalue weighted by atomic mass is 10.0. The lowest BCUT2D eigenvalue weighted by Crippen LogP contribution is -2.41. The third-order valence-electron chi connectivity index (χ3n) is 4.05. The van der Waals surface area contributed by atoms with Crippen LogP contribution < -0.4 is 10.6 Å². The molecular weight excluding hydrogens is 332 g/mol. The molecule has 1 heterocycles. The third-order valence-corrected chi connectivity index (χ3v) is 5.47. The highest BCUT2D eigenvalue weighted by Crippen LogP contribution is 2.31. The van der Waals surface area contributed by atoms with Crippen molar-refractivity contribution in [1.82, 2.24) is 10.6 Å². The van der Waals surface area contributed by atoms with Gasteiger partial charge in [-0.2, -0.15) is 0 Å². The van der Waals surface area contributed by atoms with Crippen LogP contribution in [0.2, 0.25) is 4.34 Å². The Kier molecular flexibility index (Phi) is 6.34. The van der Waals surface area contributed by atoms with E-state index in [1.807, 2.05) is 26.8 Å². The van der Waals surface area contributed by atoms with Crippen molar-refractivity contribution in [3.8, 4) is 0 Å². The highest BCUT2D eigenvalue weighted by Gasteiger charge is 2.29. The van der Waals surface area contributed by atoms with Crippen LogP contribution in [0.25, 0.3) is 0 Å². The number of carbonyl (C=O) groups excluding carboxylic acids is 1. The van der Waals surface area contributed by atoms with Crippen molar-refractivity contribution in [1.29, 1.82) is 0 Å². The minimum atomic E-state index is -0.454. The molecule has 23 heavy (non-hydrogen) atoms. The second-order valence-corrected chi connectivity index (χ2v) is 8.96. The summed E-state index contributed by atoms with van der Waals surface area (Å²) in [4.78, 5) is 13.1. The summed E-state index contributed by atoms with van der Waals surface area (Å²) in [6.07, 6.45) is 3.13. The van der Waals surface area contributed by atoms with Gasteiger partial charge in [-0.25, -0.2) is 4.79 Å². The number of hydrogen-bond acceptors (Lipinski definition) is 4. The molecule has 0 bridgehead atoms. The predicted molar refractivity (Wildman–Crippen MR) is 96.2 cm³/mol. The van der Waals surface area contributed by atoms with Gasteiger partial charge in [0.05, 0.1) is 4.34 Å². The molecule has 2 rings (SSSR count). The minimum Gasteiger partial charge on any atom is -0.444 e. The first-order chi connectivity index (χ1) is 10.7. The van der Waals surface area contributed by atoms with Crippen LogP contribution in [0.5, 0.6) is 0 Å². The molecule has 0 radical (unpaired) electrons. The van der Waals surface area contributed by atoms with E-state index in [-0.39, 0.29) is 12.1 Å². The van der Waals surface area contributed by atoms with E-state index < -0.39 is 5.60 Å². The Morgan fingerprint density at radius 1 is 1.43 bits per heavy atom. The first-order valence-corrected chi connectivity index (χ1v) is 9.42. The molecule has 0 aliphatic heterocycles. The molecule has 130 valence electrons. The molecular formula is C17H27ClN2O2S. The van der Waals surface area contributed by atoms with Crippen LogP contribution in [0.1, 0.15) is 57.9 Å². The minimum absolute atomic E-state index is 0.277. The molecule has 4 nitrogen and oxygen atoms in total. The largest absolute Gasteiger partial charge is 0.444 e. The Morgan fingerprint density at radius 2 is 2.17 bits per heavy atom. The fourth-order valence-corrected chi connectivity index (χ4v) is 4.07. The normalized spacial score (nSPS) is 22.8. The summed E-state index contributed by atoms with van der Waals surface area (Å²) < 4.78 is 6.12. The van der Waals surface area contributed by atoms with Crippen LogP contribution in [-0.2, 0) is 4.74 Å². The van der Waals surface area contributed by atoms with E-state index in [0.29, 0.717) is 18.5 Å². The van der Waals surface area contributed by atoms with Crippen molar-refractivity contribution >= 4 is 29.0 Å². The van der Waals surface area contributed by atoms with Gasteiger partial charge in [-0.1, -0.05) is 18.0 Å². The van der Waals surface area contributed by atoms with E-state index in [1.165, 1.54) is 11.3 Å². The van der Waals surface area contributed by atoms with Crippen molar-refractivity contribution in [3.63, 3.8) is 0 Å². The monoisotopic (exact) mass is 358 g/mol. The quantitative estimate of drug-likeness (QED) is 0.798. The van der Waals surface area contributed by atoms with Crippen LogP contribution in [0.4, 0.5) is 4.79 Å². The molecule has 6 heteroatoms. The first-order valence-electron chi connectivity index (χ1n) is 8.23. The highest BCUT2D eigenvalue weighted by atomic mass is 35.5. The molecule has 0 saturated heterocycles. The Bertz CT molecular complexity index is 527. The SMILES string of the molecule is CC(NC1CCCC1CNC(=O)OC(C)(C)C)c1ccc(Cl)s1. The number of hydrogen-bond donors (Lipinski definition) is 2. The Labute approximate surface area is 147 Å². The average molecular weight is 359 g/mol.